The average Bonchev–Trinajstić information content (AvgIpc) is 2.18. The number of Topliss-reactive ketones (excluding diaryl/α,β-unsaturated/α-hetero) is 1. The predicted octanol–water partition coefficient (Wildman–Crippen LogP) is 0.808. The molecule has 1 rings (SSSR count). The lowest BCUT2D eigenvalue weighted by Gasteiger charge is -1.99. The summed E-state index contributed by atoms with van der Waals surface area (Å²) in [5.41, 5.74) is 0.346. The molecule has 0 radical (unpaired) electrons. The number of nitrogens with zero attached hydrogens (tertiary/aromatic N) is 1. The number of rotatable bonds is 4. The third-order valence-corrected chi connectivity index (χ3v) is 3.00. The Morgan fingerprint density at radius 2 is 1.87 bits per heavy atom. The molecule has 4 nitrogen and oxygen atoms in total. The van der Waals surface area contributed by atoms with Crippen molar-refractivity contribution in [3.05, 3.63) is 35.9 Å². The van der Waals surface area contributed by atoms with Gasteiger partial charge in [-0.15, -0.1) is 0 Å². The Morgan fingerprint density at radius 3 is 2.40 bits per heavy atom. The summed E-state index contributed by atoms with van der Waals surface area (Å²) >= 11 is 0. The van der Waals surface area contributed by atoms with Crippen molar-refractivity contribution in [3.63, 3.8) is 0 Å². The van der Waals surface area contributed by atoms with E-state index in [0.717, 1.165) is 0 Å². The minimum atomic E-state index is -3.59. The molecule has 0 fully saturated rings. The molecule has 15 heavy (non-hydrogen) atoms. The van der Waals surface area contributed by atoms with E-state index in [0.29, 0.717) is 5.56 Å². The molecule has 0 bridgehead atoms. The zero-order valence-corrected chi connectivity index (χ0v) is 8.70. The number of carbonyl (C=O) groups excluding carboxylic acids is 1. The summed E-state index contributed by atoms with van der Waals surface area (Å²) in [6.07, 6.45) is 0. The van der Waals surface area contributed by atoms with Crippen LogP contribution >= 0.6 is 0 Å². The second-order valence-electron chi connectivity index (χ2n) is 2.98. The minimum absolute atomic E-state index is 0.346. The summed E-state index contributed by atoms with van der Waals surface area (Å²) in [7, 11) is -3.59. The molecular weight excluding hydrogens is 214 g/mol. The molecular formula is C10H9NO3S. The normalized spacial score (nSPS) is 10.6. The molecule has 0 aliphatic carbocycles. The molecule has 5 heteroatoms. The van der Waals surface area contributed by atoms with Crippen LogP contribution in [0.4, 0.5) is 0 Å². The van der Waals surface area contributed by atoms with Crippen molar-refractivity contribution in [3.8, 4) is 6.07 Å². The lowest BCUT2D eigenvalue weighted by molar-refractivity contribution is 0.102. The summed E-state index contributed by atoms with van der Waals surface area (Å²) < 4.78 is 22.3. The molecule has 78 valence electrons. The first kappa shape index (κ1) is 11.4. The van der Waals surface area contributed by atoms with Crippen molar-refractivity contribution < 1.29 is 13.2 Å². The summed E-state index contributed by atoms with van der Waals surface area (Å²) in [6, 6.07) is 9.67. The smallest absolute Gasteiger partial charge is 0.177 e. The minimum Gasteiger partial charge on any atom is -0.293 e. The number of sulfone groups is 1. The van der Waals surface area contributed by atoms with E-state index >= 15 is 0 Å². The van der Waals surface area contributed by atoms with Gasteiger partial charge in [-0.2, -0.15) is 5.26 Å². The largest absolute Gasteiger partial charge is 0.293 e. The van der Waals surface area contributed by atoms with E-state index in [1.807, 2.05) is 0 Å². The molecule has 1 aromatic carbocycles. The van der Waals surface area contributed by atoms with Crippen molar-refractivity contribution in [1.82, 2.24) is 0 Å². The zero-order valence-electron chi connectivity index (χ0n) is 7.88. The molecule has 0 heterocycles. The Kier molecular flexibility index (Phi) is 3.58. The van der Waals surface area contributed by atoms with Crippen LogP contribution in [-0.2, 0) is 9.84 Å². The lowest BCUT2D eigenvalue weighted by atomic mass is 10.2. The quantitative estimate of drug-likeness (QED) is 0.708. The summed E-state index contributed by atoms with van der Waals surface area (Å²) in [5, 5.41) is 8.24. The number of carbonyl (C=O) groups is 1. The molecule has 1 aromatic rings. The van der Waals surface area contributed by atoms with Crippen LogP contribution in [0.2, 0.25) is 0 Å². The molecule has 0 aromatic heterocycles. The first-order valence-corrected chi connectivity index (χ1v) is 6.03. The highest BCUT2D eigenvalue weighted by molar-refractivity contribution is 7.92. The van der Waals surface area contributed by atoms with Crippen molar-refractivity contribution in [2.75, 3.05) is 11.5 Å². The van der Waals surface area contributed by atoms with Gasteiger partial charge in [0, 0.05) is 5.56 Å². The maximum absolute atomic E-state index is 11.4. The molecule has 0 spiro atoms. The maximum atomic E-state index is 11.4. The van der Waals surface area contributed by atoms with Crippen LogP contribution in [0.15, 0.2) is 30.3 Å². The van der Waals surface area contributed by atoms with Crippen LogP contribution in [0.1, 0.15) is 10.4 Å². The highest BCUT2D eigenvalue weighted by Gasteiger charge is 2.17. The lowest BCUT2D eigenvalue weighted by Crippen LogP contribution is -2.18. The highest BCUT2D eigenvalue weighted by Crippen LogP contribution is 2.02. The Balaban J connectivity index is 2.78. The molecule has 0 saturated carbocycles. The van der Waals surface area contributed by atoms with Gasteiger partial charge in [-0.25, -0.2) is 8.42 Å². The summed E-state index contributed by atoms with van der Waals surface area (Å²) in [6.45, 7) is 0. The maximum Gasteiger partial charge on any atom is 0.177 e. The average molecular weight is 223 g/mol. The van der Waals surface area contributed by atoms with Gasteiger partial charge < -0.3 is 0 Å². The standard InChI is InChI=1S/C10H9NO3S/c11-6-7-15(13,14)8-10(12)9-4-2-1-3-5-9/h1-5H,7-8H2. The molecule has 0 atom stereocenters. The zero-order chi connectivity index (χ0) is 11.3. The molecule has 0 aliphatic heterocycles. The van der Waals surface area contributed by atoms with Crippen LogP contribution < -0.4 is 0 Å². The summed E-state index contributed by atoms with van der Waals surface area (Å²) in [5.74, 6) is -1.71. The Hall–Kier alpha value is -1.67. The monoisotopic (exact) mass is 223 g/mol. The molecule has 0 aliphatic rings. The third kappa shape index (κ3) is 3.52. The van der Waals surface area contributed by atoms with Crippen LogP contribution in [-0.4, -0.2) is 25.7 Å². The van der Waals surface area contributed by atoms with E-state index < -0.39 is 27.1 Å². The number of hydrogen-bond donors (Lipinski definition) is 0. The molecule has 0 unspecified atom stereocenters. The number of benzene rings is 1. The van der Waals surface area contributed by atoms with Crippen molar-refractivity contribution in [1.29, 1.82) is 5.26 Å². The molecule has 0 amide bonds. The van der Waals surface area contributed by atoms with E-state index in [-0.39, 0.29) is 0 Å². The first-order valence-electron chi connectivity index (χ1n) is 4.21. The second kappa shape index (κ2) is 4.71. The van der Waals surface area contributed by atoms with Gasteiger partial charge in [0.05, 0.1) is 6.07 Å². The van der Waals surface area contributed by atoms with Gasteiger partial charge >= 0.3 is 0 Å². The van der Waals surface area contributed by atoms with Gasteiger partial charge in [0.1, 0.15) is 11.5 Å². The molecule has 0 saturated heterocycles. The van der Waals surface area contributed by atoms with Crippen LogP contribution in [0.5, 0.6) is 0 Å². The van der Waals surface area contributed by atoms with Gasteiger partial charge in [0.25, 0.3) is 0 Å². The Bertz CT molecular complexity index is 485. The van der Waals surface area contributed by atoms with Gasteiger partial charge in [0.15, 0.2) is 15.6 Å². The number of ketones is 1. The first-order chi connectivity index (χ1) is 7.05. The van der Waals surface area contributed by atoms with Crippen LogP contribution in [0.25, 0.3) is 0 Å². The number of nitriles is 1. The Labute approximate surface area is 88.1 Å². The summed E-state index contributed by atoms with van der Waals surface area (Å²) in [4.78, 5) is 11.4. The van der Waals surface area contributed by atoms with E-state index in [1.54, 1.807) is 30.3 Å². The fourth-order valence-corrected chi connectivity index (χ4v) is 1.92. The predicted molar refractivity (Wildman–Crippen MR) is 55.0 cm³/mol. The third-order valence-electron chi connectivity index (χ3n) is 1.73. The van der Waals surface area contributed by atoms with E-state index in [2.05, 4.69) is 0 Å². The van der Waals surface area contributed by atoms with Crippen molar-refractivity contribution in [2.24, 2.45) is 0 Å². The van der Waals surface area contributed by atoms with Gasteiger partial charge in [-0.05, 0) is 0 Å². The van der Waals surface area contributed by atoms with Gasteiger partial charge in [-0.3, -0.25) is 4.79 Å². The highest BCUT2D eigenvalue weighted by atomic mass is 32.2. The van der Waals surface area contributed by atoms with Crippen LogP contribution in [0.3, 0.4) is 0 Å². The van der Waals surface area contributed by atoms with Gasteiger partial charge in [0.2, 0.25) is 0 Å². The van der Waals surface area contributed by atoms with Crippen molar-refractivity contribution >= 4 is 15.6 Å². The van der Waals surface area contributed by atoms with E-state index in [1.165, 1.54) is 6.07 Å². The second-order valence-corrected chi connectivity index (χ2v) is 5.04. The van der Waals surface area contributed by atoms with Crippen LogP contribution in [0, 0.1) is 11.3 Å². The van der Waals surface area contributed by atoms with Crippen molar-refractivity contribution in [2.45, 2.75) is 0 Å². The fraction of sp³-hybridized carbons (Fsp3) is 0.200. The SMILES string of the molecule is N#CCS(=O)(=O)CC(=O)c1ccccc1. The van der Waals surface area contributed by atoms with E-state index in [9.17, 15) is 13.2 Å². The fourth-order valence-electron chi connectivity index (χ4n) is 1.06. The van der Waals surface area contributed by atoms with E-state index in [4.69, 9.17) is 5.26 Å². The Morgan fingerprint density at radius 1 is 1.27 bits per heavy atom. The molecule has 0 N–H and O–H groups in total. The topological polar surface area (TPSA) is 75.0 Å². The number of hydrogen-bond acceptors (Lipinski definition) is 4. The van der Waals surface area contributed by atoms with Gasteiger partial charge in [-0.1, -0.05) is 30.3 Å².